The van der Waals surface area contributed by atoms with Gasteiger partial charge < -0.3 is 15.0 Å². The summed E-state index contributed by atoms with van der Waals surface area (Å²) in [5.74, 6) is -0.367. The van der Waals surface area contributed by atoms with Crippen molar-refractivity contribution in [1.29, 1.82) is 0 Å². The number of imidazole rings is 1. The predicted molar refractivity (Wildman–Crippen MR) is 77.1 cm³/mol. The van der Waals surface area contributed by atoms with Gasteiger partial charge in [-0.15, -0.1) is 0 Å². The first-order valence-electron chi connectivity index (χ1n) is 7.06. The van der Waals surface area contributed by atoms with Crippen LogP contribution in [0.25, 0.3) is 11.0 Å². The van der Waals surface area contributed by atoms with Gasteiger partial charge in [0.25, 0.3) is 5.91 Å². The number of H-pyrrole nitrogens is 1. The first-order chi connectivity index (χ1) is 10.1. The molecule has 0 aliphatic carbocycles. The third kappa shape index (κ3) is 2.49. The van der Waals surface area contributed by atoms with E-state index in [1.54, 1.807) is 18.2 Å². The number of benzene rings is 1. The smallest absolute Gasteiger partial charge is 0.326 e. The molecule has 0 saturated carbocycles. The molecule has 1 aliphatic heterocycles. The standard InChI is InChI=1S/C15H17N3O3/c1-9-16-11-6-5-10(8-12(11)17-9)14(19)18-7-3-2-4-13(18)15(20)21/h5-6,8,13H,2-4,7H2,1H3,(H,16,17)(H,20,21). The Morgan fingerprint density at radius 1 is 1.38 bits per heavy atom. The van der Waals surface area contributed by atoms with E-state index >= 15 is 0 Å². The lowest BCUT2D eigenvalue weighted by Gasteiger charge is -2.33. The topological polar surface area (TPSA) is 86.3 Å². The van der Waals surface area contributed by atoms with Crippen molar-refractivity contribution in [2.45, 2.75) is 32.2 Å². The van der Waals surface area contributed by atoms with Gasteiger partial charge in [0.05, 0.1) is 11.0 Å². The minimum Gasteiger partial charge on any atom is -0.480 e. The van der Waals surface area contributed by atoms with E-state index in [2.05, 4.69) is 9.97 Å². The highest BCUT2D eigenvalue weighted by Crippen LogP contribution is 2.21. The first-order valence-corrected chi connectivity index (χ1v) is 7.06. The van der Waals surface area contributed by atoms with Crippen LogP contribution in [0.15, 0.2) is 18.2 Å². The molecule has 1 aromatic heterocycles. The van der Waals surface area contributed by atoms with Crippen LogP contribution in [0.4, 0.5) is 0 Å². The van der Waals surface area contributed by atoms with Crippen molar-refractivity contribution in [1.82, 2.24) is 14.9 Å². The number of carbonyl (C=O) groups excluding carboxylic acids is 1. The van der Waals surface area contributed by atoms with Gasteiger partial charge in [0.2, 0.25) is 0 Å². The molecule has 1 aromatic carbocycles. The fourth-order valence-electron chi connectivity index (χ4n) is 2.87. The van der Waals surface area contributed by atoms with Crippen LogP contribution in [0, 0.1) is 6.92 Å². The molecule has 2 aromatic rings. The van der Waals surface area contributed by atoms with E-state index in [1.165, 1.54) is 4.90 Å². The lowest BCUT2D eigenvalue weighted by molar-refractivity contribution is -0.143. The first kappa shape index (κ1) is 13.6. The van der Waals surface area contributed by atoms with Crippen molar-refractivity contribution in [3.05, 3.63) is 29.6 Å². The van der Waals surface area contributed by atoms with Crippen LogP contribution in [0.2, 0.25) is 0 Å². The molecule has 21 heavy (non-hydrogen) atoms. The molecule has 1 aliphatic rings. The molecule has 1 unspecified atom stereocenters. The Morgan fingerprint density at radius 3 is 2.95 bits per heavy atom. The number of carboxylic acid groups (broad SMARTS) is 1. The number of piperidine rings is 1. The number of carbonyl (C=O) groups is 2. The van der Waals surface area contributed by atoms with Gasteiger partial charge in [-0.05, 0) is 44.4 Å². The molecule has 0 radical (unpaired) electrons. The van der Waals surface area contributed by atoms with Crippen molar-refractivity contribution >= 4 is 22.9 Å². The summed E-state index contributed by atoms with van der Waals surface area (Å²) in [6.07, 6.45) is 2.22. The van der Waals surface area contributed by atoms with Gasteiger partial charge >= 0.3 is 5.97 Å². The summed E-state index contributed by atoms with van der Waals surface area (Å²) in [7, 11) is 0. The summed E-state index contributed by atoms with van der Waals surface area (Å²) in [5.41, 5.74) is 2.10. The van der Waals surface area contributed by atoms with Crippen LogP contribution < -0.4 is 0 Å². The number of likely N-dealkylation sites (tertiary alicyclic amines) is 1. The summed E-state index contributed by atoms with van der Waals surface area (Å²) in [6, 6.07) is 4.51. The molecule has 2 N–H and O–H groups in total. The normalized spacial score (nSPS) is 18.9. The molecule has 0 spiro atoms. The number of rotatable bonds is 2. The van der Waals surface area contributed by atoms with Gasteiger partial charge in [-0.25, -0.2) is 9.78 Å². The highest BCUT2D eigenvalue weighted by Gasteiger charge is 2.32. The minimum atomic E-state index is -0.929. The number of nitrogens with one attached hydrogen (secondary N) is 1. The molecule has 1 saturated heterocycles. The second kappa shape index (κ2) is 5.20. The fraction of sp³-hybridized carbons (Fsp3) is 0.400. The Labute approximate surface area is 121 Å². The molecular formula is C15H17N3O3. The van der Waals surface area contributed by atoms with Crippen molar-refractivity contribution in [2.24, 2.45) is 0 Å². The molecule has 6 heteroatoms. The number of carboxylic acids is 1. The lowest BCUT2D eigenvalue weighted by atomic mass is 10.0. The van der Waals surface area contributed by atoms with E-state index in [1.807, 2.05) is 6.92 Å². The second-order valence-electron chi connectivity index (χ2n) is 5.40. The molecule has 1 fully saturated rings. The number of aromatic amines is 1. The maximum atomic E-state index is 12.6. The quantitative estimate of drug-likeness (QED) is 0.884. The molecular weight excluding hydrogens is 270 g/mol. The van der Waals surface area contributed by atoms with E-state index in [4.69, 9.17) is 0 Å². The largest absolute Gasteiger partial charge is 0.480 e. The van der Waals surface area contributed by atoms with Gasteiger partial charge in [0.1, 0.15) is 11.9 Å². The Balaban J connectivity index is 1.92. The summed E-state index contributed by atoms with van der Waals surface area (Å²) in [6.45, 7) is 2.35. The van der Waals surface area contributed by atoms with Gasteiger partial charge in [-0.2, -0.15) is 0 Å². The Hall–Kier alpha value is -2.37. The van der Waals surface area contributed by atoms with Crippen molar-refractivity contribution < 1.29 is 14.7 Å². The number of amides is 1. The highest BCUT2D eigenvalue weighted by atomic mass is 16.4. The molecule has 1 atom stereocenters. The Kier molecular flexibility index (Phi) is 3.37. The number of aromatic nitrogens is 2. The predicted octanol–water partition coefficient (Wildman–Crippen LogP) is 1.95. The Bertz CT molecular complexity index is 707. The summed E-state index contributed by atoms with van der Waals surface area (Å²) >= 11 is 0. The number of hydrogen-bond acceptors (Lipinski definition) is 3. The average molecular weight is 287 g/mol. The van der Waals surface area contributed by atoms with E-state index in [-0.39, 0.29) is 5.91 Å². The zero-order chi connectivity index (χ0) is 15.0. The molecule has 110 valence electrons. The molecule has 3 rings (SSSR count). The van der Waals surface area contributed by atoms with E-state index in [0.717, 1.165) is 29.7 Å². The van der Waals surface area contributed by atoms with Gasteiger partial charge in [-0.1, -0.05) is 0 Å². The average Bonchev–Trinajstić information content (AvgIpc) is 2.85. The monoisotopic (exact) mass is 287 g/mol. The zero-order valence-electron chi connectivity index (χ0n) is 11.8. The van der Waals surface area contributed by atoms with Crippen LogP contribution in [0.3, 0.4) is 0 Å². The molecule has 0 bridgehead atoms. The molecule has 6 nitrogen and oxygen atoms in total. The van der Waals surface area contributed by atoms with Crippen LogP contribution in [-0.4, -0.2) is 44.4 Å². The lowest BCUT2D eigenvalue weighted by Crippen LogP contribution is -2.47. The number of fused-ring (bicyclic) bond motifs is 1. The van der Waals surface area contributed by atoms with Crippen LogP contribution in [-0.2, 0) is 4.79 Å². The summed E-state index contributed by atoms with van der Waals surface area (Å²) in [4.78, 5) is 32.8. The number of hydrogen-bond donors (Lipinski definition) is 2. The van der Waals surface area contributed by atoms with Crippen molar-refractivity contribution in [3.63, 3.8) is 0 Å². The second-order valence-corrected chi connectivity index (χ2v) is 5.40. The van der Waals surface area contributed by atoms with Crippen LogP contribution in [0.1, 0.15) is 35.4 Å². The SMILES string of the molecule is Cc1nc2ccc(C(=O)N3CCCCC3C(=O)O)cc2[nH]1. The van der Waals surface area contributed by atoms with Gasteiger partial charge in [-0.3, -0.25) is 4.79 Å². The Morgan fingerprint density at radius 2 is 2.19 bits per heavy atom. The van der Waals surface area contributed by atoms with E-state index in [0.29, 0.717) is 18.5 Å². The minimum absolute atomic E-state index is 0.226. The number of aliphatic carboxylic acids is 1. The zero-order valence-corrected chi connectivity index (χ0v) is 11.8. The van der Waals surface area contributed by atoms with Gasteiger partial charge in [0, 0.05) is 12.1 Å². The van der Waals surface area contributed by atoms with E-state index in [9.17, 15) is 14.7 Å². The summed E-state index contributed by atoms with van der Waals surface area (Å²) in [5, 5.41) is 9.27. The van der Waals surface area contributed by atoms with Gasteiger partial charge in [0.15, 0.2) is 0 Å². The van der Waals surface area contributed by atoms with Crippen molar-refractivity contribution in [3.8, 4) is 0 Å². The molecule has 1 amide bonds. The maximum absolute atomic E-state index is 12.6. The van der Waals surface area contributed by atoms with E-state index < -0.39 is 12.0 Å². The highest BCUT2D eigenvalue weighted by molar-refractivity contribution is 5.99. The third-order valence-electron chi connectivity index (χ3n) is 3.90. The van der Waals surface area contributed by atoms with Crippen LogP contribution in [0.5, 0.6) is 0 Å². The number of nitrogens with zero attached hydrogens (tertiary/aromatic N) is 2. The fourth-order valence-corrected chi connectivity index (χ4v) is 2.87. The van der Waals surface area contributed by atoms with Crippen LogP contribution >= 0.6 is 0 Å². The number of aryl methyl sites for hydroxylation is 1. The third-order valence-corrected chi connectivity index (χ3v) is 3.90. The molecule has 2 heterocycles. The van der Waals surface area contributed by atoms with Crippen molar-refractivity contribution in [2.75, 3.05) is 6.54 Å². The summed E-state index contributed by atoms with van der Waals surface area (Å²) < 4.78 is 0. The maximum Gasteiger partial charge on any atom is 0.326 e.